The molecule has 0 saturated heterocycles. The first-order valence-electron chi connectivity index (χ1n) is 9.63. The van der Waals surface area contributed by atoms with Crippen LogP contribution in [0.3, 0.4) is 0 Å². The largest absolute Gasteiger partial charge is 0.497 e. The number of hydrogen-bond acceptors (Lipinski definition) is 4. The summed E-state index contributed by atoms with van der Waals surface area (Å²) in [6, 6.07) is 7.52. The lowest BCUT2D eigenvalue weighted by molar-refractivity contribution is -0.145. The number of Topliss-reactive ketones (excluding diaryl/α,β-unsaturated/α-hetero) is 1. The Balaban J connectivity index is 1.70. The highest BCUT2D eigenvalue weighted by molar-refractivity contribution is 5.81. The molecular weight excluding hydrogens is 328 g/mol. The molecule has 1 fully saturated rings. The third kappa shape index (κ3) is 5.86. The van der Waals surface area contributed by atoms with Gasteiger partial charge in [0.15, 0.2) is 0 Å². The van der Waals surface area contributed by atoms with Gasteiger partial charge in [0, 0.05) is 18.8 Å². The first-order valence-corrected chi connectivity index (χ1v) is 9.63. The standard InChI is InChI=1S/C22H32O4/c1-16-7-10-18(14-20(16)23)22(2,3)13-5-6-21(24)26-15-17-8-11-19(25-4)12-9-17/h8-9,11-12,16,18H,5-7,10,13-15H2,1-4H3/t16-,18-/m1/s1. The van der Waals surface area contributed by atoms with Gasteiger partial charge in [0.25, 0.3) is 0 Å². The number of carbonyl (C=O) groups is 2. The van der Waals surface area contributed by atoms with Crippen LogP contribution in [0.15, 0.2) is 24.3 Å². The van der Waals surface area contributed by atoms with Crippen LogP contribution in [0.5, 0.6) is 5.75 Å². The van der Waals surface area contributed by atoms with Crippen LogP contribution < -0.4 is 4.74 Å². The molecule has 0 aromatic heterocycles. The summed E-state index contributed by atoms with van der Waals surface area (Å²) in [6.45, 7) is 6.78. The Labute approximate surface area is 157 Å². The summed E-state index contributed by atoms with van der Waals surface area (Å²) in [5.41, 5.74) is 1.04. The van der Waals surface area contributed by atoms with E-state index in [1.807, 2.05) is 31.2 Å². The van der Waals surface area contributed by atoms with Crippen molar-refractivity contribution in [3.8, 4) is 5.75 Å². The van der Waals surface area contributed by atoms with Gasteiger partial charge in [-0.1, -0.05) is 32.9 Å². The fourth-order valence-corrected chi connectivity index (χ4v) is 3.68. The molecule has 2 rings (SSSR count). The predicted molar refractivity (Wildman–Crippen MR) is 102 cm³/mol. The van der Waals surface area contributed by atoms with Crippen molar-refractivity contribution in [2.24, 2.45) is 17.3 Å². The van der Waals surface area contributed by atoms with E-state index in [0.29, 0.717) is 31.1 Å². The quantitative estimate of drug-likeness (QED) is 0.616. The lowest BCUT2D eigenvalue weighted by Gasteiger charge is -2.38. The number of benzene rings is 1. The fraction of sp³-hybridized carbons (Fsp3) is 0.636. The monoisotopic (exact) mass is 360 g/mol. The Hall–Kier alpha value is -1.84. The summed E-state index contributed by atoms with van der Waals surface area (Å²) in [7, 11) is 1.63. The normalized spacial score (nSPS) is 20.7. The van der Waals surface area contributed by atoms with Crippen molar-refractivity contribution in [2.45, 2.75) is 65.9 Å². The van der Waals surface area contributed by atoms with E-state index < -0.39 is 0 Å². The van der Waals surface area contributed by atoms with Gasteiger partial charge in [-0.2, -0.15) is 0 Å². The molecule has 1 aromatic rings. The molecule has 144 valence electrons. The second-order valence-corrected chi connectivity index (χ2v) is 8.20. The number of esters is 1. The van der Waals surface area contributed by atoms with Gasteiger partial charge >= 0.3 is 5.97 Å². The molecule has 1 saturated carbocycles. The van der Waals surface area contributed by atoms with Gasteiger partial charge in [0.1, 0.15) is 18.1 Å². The summed E-state index contributed by atoms with van der Waals surface area (Å²) < 4.78 is 10.5. The minimum atomic E-state index is -0.162. The molecule has 0 aliphatic heterocycles. The Morgan fingerprint density at radius 3 is 2.50 bits per heavy atom. The average molecular weight is 360 g/mol. The predicted octanol–water partition coefficient (Wildman–Crippen LogP) is 4.94. The molecule has 0 unspecified atom stereocenters. The lowest BCUT2D eigenvalue weighted by atomic mass is 9.66. The fourth-order valence-electron chi connectivity index (χ4n) is 3.68. The summed E-state index contributed by atoms with van der Waals surface area (Å²) in [5.74, 6) is 1.67. The van der Waals surface area contributed by atoms with E-state index in [4.69, 9.17) is 9.47 Å². The van der Waals surface area contributed by atoms with Crippen LogP contribution in [-0.4, -0.2) is 18.9 Å². The summed E-state index contributed by atoms with van der Waals surface area (Å²) in [5, 5.41) is 0. The lowest BCUT2D eigenvalue weighted by Crippen LogP contribution is -2.32. The Kier molecular flexibility index (Phi) is 7.24. The highest BCUT2D eigenvalue weighted by Gasteiger charge is 2.35. The van der Waals surface area contributed by atoms with E-state index in [2.05, 4.69) is 13.8 Å². The number of ketones is 1. The van der Waals surface area contributed by atoms with Crippen LogP contribution in [0.25, 0.3) is 0 Å². The van der Waals surface area contributed by atoms with Crippen molar-refractivity contribution in [2.75, 3.05) is 7.11 Å². The third-order valence-corrected chi connectivity index (χ3v) is 5.81. The van der Waals surface area contributed by atoms with Gasteiger partial charge in [0.05, 0.1) is 7.11 Å². The summed E-state index contributed by atoms with van der Waals surface area (Å²) in [6.07, 6.45) is 4.97. The van der Waals surface area contributed by atoms with Gasteiger partial charge in [-0.25, -0.2) is 0 Å². The SMILES string of the molecule is COc1ccc(COC(=O)CCCC(C)(C)[C@@H]2CC[C@@H](C)C(=O)C2)cc1. The van der Waals surface area contributed by atoms with E-state index in [9.17, 15) is 9.59 Å². The van der Waals surface area contributed by atoms with Crippen LogP contribution in [-0.2, 0) is 20.9 Å². The molecule has 0 amide bonds. The Morgan fingerprint density at radius 1 is 1.19 bits per heavy atom. The highest BCUT2D eigenvalue weighted by Crippen LogP contribution is 2.41. The second-order valence-electron chi connectivity index (χ2n) is 8.20. The molecule has 0 radical (unpaired) electrons. The van der Waals surface area contributed by atoms with Crippen molar-refractivity contribution in [1.29, 1.82) is 0 Å². The Morgan fingerprint density at radius 2 is 1.88 bits per heavy atom. The molecule has 1 aliphatic rings. The number of hydrogen-bond donors (Lipinski definition) is 0. The molecular formula is C22H32O4. The highest BCUT2D eigenvalue weighted by atomic mass is 16.5. The molecule has 2 atom stereocenters. The van der Waals surface area contributed by atoms with Crippen molar-refractivity contribution in [1.82, 2.24) is 0 Å². The van der Waals surface area contributed by atoms with Gasteiger partial charge < -0.3 is 9.47 Å². The van der Waals surface area contributed by atoms with Crippen molar-refractivity contribution in [3.05, 3.63) is 29.8 Å². The van der Waals surface area contributed by atoms with Crippen molar-refractivity contribution >= 4 is 11.8 Å². The van der Waals surface area contributed by atoms with Crippen LogP contribution in [0.4, 0.5) is 0 Å². The number of rotatable bonds is 8. The zero-order chi connectivity index (χ0) is 19.2. The van der Waals surface area contributed by atoms with Crippen LogP contribution >= 0.6 is 0 Å². The van der Waals surface area contributed by atoms with E-state index >= 15 is 0 Å². The van der Waals surface area contributed by atoms with E-state index in [1.54, 1.807) is 7.11 Å². The first kappa shape index (κ1) is 20.5. The van der Waals surface area contributed by atoms with Gasteiger partial charge in [-0.05, 0) is 54.7 Å². The van der Waals surface area contributed by atoms with E-state index in [-0.39, 0.29) is 17.3 Å². The molecule has 26 heavy (non-hydrogen) atoms. The number of methoxy groups -OCH3 is 1. The molecule has 4 nitrogen and oxygen atoms in total. The average Bonchev–Trinajstić information content (AvgIpc) is 2.62. The van der Waals surface area contributed by atoms with E-state index in [0.717, 1.165) is 37.0 Å². The zero-order valence-corrected chi connectivity index (χ0v) is 16.5. The molecule has 1 aromatic carbocycles. The molecule has 0 bridgehead atoms. The minimum Gasteiger partial charge on any atom is -0.497 e. The maximum Gasteiger partial charge on any atom is 0.306 e. The Bertz CT molecular complexity index is 603. The van der Waals surface area contributed by atoms with Gasteiger partial charge in [0.2, 0.25) is 0 Å². The second kappa shape index (κ2) is 9.20. The maximum atomic E-state index is 12.0. The van der Waals surface area contributed by atoms with Crippen LogP contribution in [0.2, 0.25) is 0 Å². The molecule has 0 spiro atoms. The first-order chi connectivity index (χ1) is 12.3. The van der Waals surface area contributed by atoms with E-state index in [1.165, 1.54) is 0 Å². The molecule has 0 heterocycles. The number of carbonyl (C=O) groups excluding carboxylic acids is 2. The van der Waals surface area contributed by atoms with Crippen molar-refractivity contribution in [3.63, 3.8) is 0 Å². The number of ether oxygens (including phenoxy) is 2. The molecule has 0 N–H and O–H groups in total. The minimum absolute atomic E-state index is 0.0893. The van der Waals surface area contributed by atoms with Gasteiger partial charge in [-0.15, -0.1) is 0 Å². The van der Waals surface area contributed by atoms with Crippen molar-refractivity contribution < 1.29 is 19.1 Å². The van der Waals surface area contributed by atoms with Crippen LogP contribution in [0.1, 0.15) is 64.9 Å². The topological polar surface area (TPSA) is 52.6 Å². The summed E-state index contributed by atoms with van der Waals surface area (Å²) in [4.78, 5) is 24.0. The van der Waals surface area contributed by atoms with Gasteiger partial charge in [-0.3, -0.25) is 9.59 Å². The van der Waals surface area contributed by atoms with Crippen LogP contribution in [0, 0.1) is 17.3 Å². The zero-order valence-electron chi connectivity index (χ0n) is 16.5. The smallest absolute Gasteiger partial charge is 0.306 e. The maximum absolute atomic E-state index is 12.0. The molecule has 4 heteroatoms. The molecule has 1 aliphatic carbocycles. The third-order valence-electron chi connectivity index (χ3n) is 5.81. The summed E-state index contributed by atoms with van der Waals surface area (Å²) >= 11 is 0.